The third-order valence-corrected chi connectivity index (χ3v) is 2.83. The van der Waals surface area contributed by atoms with Gasteiger partial charge >= 0.3 is 0 Å². The highest BCUT2D eigenvalue weighted by molar-refractivity contribution is 6.33. The smallest absolute Gasteiger partial charge is 0.269 e. The minimum Gasteiger partial charge on any atom is -0.354 e. The van der Waals surface area contributed by atoms with Gasteiger partial charge in [-0.25, -0.2) is 0 Å². The first-order valence-corrected chi connectivity index (χ1v) is 5.40. The molecule has 17 heavy (non-hydrogen) atoms. The summed E-state index contributed by atoms with van der Waals surface area (Å²) in [6.45, 7) is 1.84. The summed E-state index contributed by atoms with van der Waals surface area (Å²) in [4.78, 5) is 15.4. The topological polar surface area (TPSA) is 70.7 Å². The van der Waals surface area contributed by atoms with E-state index >= 15 is 0 Å². The number of nitrogens with zero attached hydrogens (tertiary/aromatic N) is 2. The zero-order chi connectivity index (χ0) is 12.4. The Morgan fingerprint density at radius 3 is 2.71 bits per heavy atom. The highest BCUT2D eigenvalue weighted by Gasteiger charge is 2.11. The third kappa shape index (κ3) is 2.14. The van der Waals surface area contributed by atoms with Gasteiger partial charge in [0.2, 0.25) is 0 Å². The fraction of sp³-hybridized carbons (Fsp3) is 0.182. The number of nitrogens with one attached hydrogen (secondary N) is 2. The molecular weight excluding hydrogens is 240 g/mol. The Morgan fingerprint density at radius 2 is 2.24 bits per heavy atom. The molecule has 88 valence electrons. The number of pyridine rings is 1. The molecule has 2 N–H and O–H groups in total. The standard InChI is InChI=1S/C11H11ClN4O/c1-6-9(12)10(16-15-6)7-3-4-8(14-5-7)11(17)13-2/h3-5H,1-2H3,(H,13,17)(H,15,16). The fourth-order valence-electron chi connectivity index (χ4n) is 1.40. The van der Waals surface area contributed by atoms with Gasteiger partial charge in [-0.2, -0.15) is 5.10 Å². The number of amides is 1. The molecule has 0 bridgehead atoms. The molecule has 0 atom stereocenters. The van der Waals surface area contributed by atoms with Gasteiger partial charge in [-0.3, -0.25) is 14.9 Å². The van der Waals surface area contributed by atoms with E-state index < -0.39 is 0 Å². The highest BCUT2D eigenvalue weighted by atomic mass is 35.5. The molecule has 5 nitrogen and oxygen atoms in total. The van der Waals surface area contributed by atoms with Crippen LogP contribution >= 0.6 is 11.6 Å². The summed E-state index contributed by atoms with van der Waals surface area (Å²) in [5, 5.41) is 9.95. The SMILES string of the molecule is CNC(=O)c1ccc(-c2n[nH]c(C)c2Cl)cn1. The molecule has 0 aliphatic heterocycles. The number of halogens is 1. The van der Waals surface area contributed by atoms with E-state index in [1.165, 1.54) is 0 Å². The fourth-order valence-corrected chi connectivity index (χ4v) is 1.60. The first-order valence-electron chi connectivity index (χ1n) is 5.02. The van der Waals surface area contributed by atoms with Crippen molar-refractivity contribution in [3.63, 3.8) is 0 Å². The lowest BCUT2D eigenvalue weighted by atomic mass is 10.2. The van der Waals surface area contributed by atoms with Gasteiger partial charge in [0.15, 0.2) is 0 Å². The van der Waals surface area contributed by atoms with Gasteiger partial charge in [0.05, 0.1) is 10.7 Å². The lowest BCUT2D eigenvalue weighted by Crippen LogP contribution is -2.18. The third-order valence-electron chi connectivity index (χ3n) is 2.37. The number of aromatic nitrogens is 3. The molecule has 0 aromatic carbocycles. The highest BCUT2D eigenvalue weighted by Crippen LogP contribution is 2.27. The van der Waals surface area contributed by atoms with E-state index in [1.54, 1.807) is 25.4 Å². The van der Waals surface area contributed by atoms with Crippen molar-refractivity contribution in [2.75, 3.05) is 7.05 Å². The summed E-state index contributed by atoms with van der Waals surface area (Å²) in [5.74, 6) is -0.221. The van der Waals surface area contributed by atoms with Crippen LogP contribution in [-0.4, -0.2) is 28.1 Å². The number of carbonyl (C=O) groups excluding carboxylic acids is 1. The van der Waals surface area contributed by atoms with E-state index in [2.05, 4.69) is 20.5 Å². The van der Waals surface area contributed by atoms with Crippen LogP contribution < -0.4 is 5.32 Å². The molecule has 2 rings (SSSR count). The molecule has 1 amide bonds. The van der Waals surface area contributed by atoms with Crippen molar-refractivity contribution in [3.05, 3.63) is 34.7 Å². The summed E-state index contributed by atoms with van der Waals surface area (Å²) < 4.78 is 0. The molecule has 2 aromatic heterocycles. The number of hydrogen-bond acceptors (Lipinski definition) is 3. The van der Waals surface area contributed by atoms with Crippen LogP contribution in [0.3, 0.4) is 0 Å². The Balaban J connectivity index is 2.36. The summed E-state index contributed by atoms with van der Waals surface area (Å²) in [5.41, 5.74) is 2.57. The van der Waals surface area contributed by atoms with Crippen molar-refractivity contribution >= 4 is 17.5 Å². The first kappa shape index (κ1) is 11.6. The van der Waals surface area contributed by atoms with Crippen LogP contribution in [0.1, 0.15) is 16.2 Å². The molecule has 0 saturated heterocycles. The Bertz CT molecular complexity index is 547. The maximum absolute atomic E-state index is 11.3. The second-order valence-corrected chi connectivity index (χ2v) is 3.90. The van der Waals surface area contributed by atoms with Crippen LogP contribution in [0.4, 0.5) is 0 Å². The van der Waals surface area contributed by atoms with Crippen LogP contribution in [0.2, 0.25) is 5.02 Å². The number of H-pyrrole nitrogens is 1. The summed E-state index contributed by atoms with van der Waals surface area (Å²) >= 11 is 6.07. The second-order valence-electron chi connectivity index (χ2n) is 3.52. The van der Waals surface area contributed by atoms with Crippen molar-refractivity contribution < 1.29 is 4.79 Å². The van der Waals surface area contributed by atoms with Gasteiger partial charge in [-0.15, -0.1) is 0 Å². The van der Waals surface area contributed by atoms with E-state index in [9.17, 15) is 4.79 Å². The first-order chi connectivity index (χ1) is 8.13. The van der Waals surface area contributed by atoms with Gasteiger partial charge < -0.3 is 5.32 Å². The number of rotatable bonds is 2. The minimum absolute atomic E-state index is 0.221. The molecule has 0 aliphatic carbocycles. The van der Waals surface area contributed by atoms with Gasteiger partial charge in [-0.05, 0) is 19.1 Å². The Labute approximate surface area is 103 Å². The maximum Gasteiger partial charge on any atom is 0.269 e. The van der Waals surface area contributed by atoms with Crippen molar-refractivity contribution in [2.24, 2.45) is 0 Å². The van der Waals surface area contributed by atoms with Crippen LogP contribution in [-0.2, 0) is 0 Å². The Hall–Kier alpha value is -1.88. The average molecular weight is 251 g/mol. The van der Waals surface area contributed by atoms with Crippen molar-refractivity contribution in [1.29, 1.82) is 0 Å². The average Bonchev–Trinajstić information content (AvgIpc) is 2.69. The zero-order valence-electron chi connectivity index (χ0n) is 9.41. The number of carbonyl (C=O) groups is 1. The second kappa shape index (κ2) is 4.55. The quantitative estimate of drug-likeness (QED) is 0.854. The van der Waals surface area contributed by atoms with Crippen LogP contribution in [0.25, 0.3) is 11.3 Å². The summed E-state index contributed by atoms with van der Waals surface area (Å²) in [6, 6.07) is 3.40. The predicted molar refractivity (Wildman–Crippen MR) is 65.0 cm³/mol. The van der Waals surface area contributed by atoms with Crippen LogP contribution in [0.15, 0.2) is 18.3 Å². The molecule has 0 aliphatic rings. The molecule has 2 aromatic rings. The molecule has 2 heterocycles. The molecule has 0 spiro atoms. The van der Waals surface area contributed by atoms with Crippen LogP contribution in [0.5, 0.6) is 0 Å². The van der Waals surface area contributed by atoms with Gasteiger partial charge in [0, 0.05) is 18.8 Å². The number of aromatic amines is 1. The molecule has 6 heteroatoms. The minimum atomic E-state index is -0.221. The summed E-state index contributed by atoms with van der Waals surface area (Å²) in [6.07, 6.45) is 1.58. The van der Waals surface area contributed by atoms with Crippen molar-refractivity contribution in [2.45, 2.75) is 6.92 Å². The van der Waals surface area contributed by atoms with E-state index in [0.717, 1.165) is 11.3 Å². The van der Waals surface area contributed by atoms with Gasteiger partial charge in [-0.1, -0.05) is 11.6 Å². The zero-order valence-corrected chi connectivity index (χ0v) is 10.2. The molecule has 0 saturated carbocycles. The molecular formula is C11H11ClN4O. The normalized spacial score (nSPS) is 10.3. The largest absolute Gasteiger partial charge is 0.354 e. The number of aryl methyl sites for hydroxylation is 1. The maximum atomic E-state index is 11.3. The van der Waals surface area contributed by atoms with E-state index in [4.69, 9.17) is 11.6 Å². The predicted octanol–water partition coefficient (Wildman–Crippen LogP) is 1.79. The van der Waals surface area contributed by atoms with Crippen molar-refractivity contribution in [1.82, 2.24) is 20.5 Å². The Morgan fingerprint density at radius 1 is 1.47 bits per heavy atom. The van der Waals surface area contributed by atoms with Crippen LogP contribution in [0, 0.1) is 6.92 Å². The molecule has 0 radical (unpaired) electrons. The molecule has 0 unspecified atom stereocenters. The van der Waals surface area contributed by atoms with E-state index in [1.807, 2.05) is 6.92 Å². The van der Waals surface area contributed by atoms with E-state index in [-0.39, 0.29) is 5.91 Å². The van der Waals surface area contributed by atoms with Crippen molar-refractivity contribution in [3.8, 4) is 11.3 Å². The molecule has 0 fully saturated rings. The lowest BCUT2D eigenvalue weighted by molar-refractivity contribution is 0.0958. The lowest BCUT2D eigenvalue weighted by Gasteiger charge is -2.00. The van der Waals surface area contributed by atoms with Gasteiger partial charge in [0.1, 0.15) is 11.4 Å². The van der Waals surface area contributed by atoms with E-state index in [0.29, 0.717) is 16.4 Å². The van der Waals surface area contributed by atoms with Gasteiger partial charge in [0.25, 0.3) is 5.91 Å². The number of hydrogen-bond donors (Lipinski definition) is 2. The Kier molecular flexibility index (Phi) is 3.10. The monoisotopic (exact) mass is 250 g/mol. The summed E-state index contributed by atoms with van der Waals surface area (Å²) in [7, 11) is 1.56.